The van der Waals surface area contributed by atoms with Crippen molar-refractivity contribution in [2.45, 2.75) is 12.8 Å². The van der Waals surface area contributed by atoms with Crippen molar-refractivity contribution < 1.29 is 4.74 Å². The highest BCUT2D eigenvalue weighted by molar-refractivity contribution is 6.31. The summed E-state index contributed by atoms with van der Waals surface area (Å²) < 4.78 is 5.80. The van der Waals surface area contributed by atoms with E-state index in [-0.39, 0.29) is 0 Å². The molecule has 1 fully saturated rings. The molecule has 0 unspecified atom stereocenters. The number of anilines is 1. The van der Waals surface area contributed by atoms with Gasteiger partial charge in [0.05, 0.1) is 11.6 Å². The van der Waals surface area contributed by atoms with Crippen LogP contribution in [0.1, 0.15) is 17.5 Å². The Balaban J connectivity index is 1.10. The van der Waals surface area contributed by atoms with Crippen LogP contribution in [0.5, 0.6) is 11.6 Å². The first-order chi connectivity index (χ1) is 16.7. The van der Waals surface area contributed by atoms with Crippen LogP contribution in [0, 0.1) is 11.3 Å². The average molecular weight is 472 g/mol. The predicted octanol–water partition coefficient (Wildman–Crippen LogP) is 5.64. The first-order valence-electron chi connectivity index (χ1n) is 11.6. The predicted molar refractivity (Wildman–Crippen MR) is 136 cm³/mol. The number of piperazine rings is 1. The molecule has 5 rings (SSSR count). The quantitative estimate of drug-likeness (QED) is 0.378. The van der Waals surface area contributed by atoms with Gasteiger partial charge in [-0.2, -0.15) is 5.26 Å². The Morgan fingerprint density at radius 2 is 1.88 bits per heavy atom. The summed E-state index contributed by atoms with van der Waals surface area (Å²) >= 11 is 6.13. The van der Waals surface area contributed by atoms with Gasteiger partial charge in [0.25, 0.3) is 0 Å². The fourth-order valence-corrected chi connectivity index (χ4v) is 4.62. The molecule has 0 atom stereocenters. The van der Waals surface area contributed by atoms with Crippen LogP contribution in [0.3, 0.4) is 0 Å². The van der Waals surface area contributed by atoms with E-state index < -0.39 is 0 Å². The normalized spacial score (nSPS) is 14.3. The molecule has 1 aliphatic rings. The minimum atomic E-state index is 0.420. The van der Waals surface area contributed by atoms with Gasteiger partial charge in [-0.25, -0.2) is 4.98 Å². The topological polar surface area (TPSA) is 68.2 Å². The van der Waals surface area contributed by atoms with Gasteiger partial charge >= 0.3 is 0 Å². The molecule has 2 aromatic carbocycles. The second kappa shape index (κ2) is 10.2. The Hall–Kier alpha value is -3.53. The zero-order chi connectivity index (χ0) is 23.3. The third-order valence-corrected chi connectivity index (χ3v) is 6.62. The van der Waals surface area contributed by atoms with E-state index in [0.717, 1.165) is 56.8 Å². The number of aromatic amines is 1. The van der Waals surface area contributed by atoms with E-state index in [0.29, 0.717) is 16.5 Å². The number of ether oxygens (including phenoxy) is 1. The Morgan fingerprint density at radius 3 is 2.65 bits per heavy atom. The molecule has 0 spiro atoms. The minimum Gasteiger partial charge on any atom is -0.438 e. The van der Waals surface area contributed by atoms with Crippen LogP contribution in [0.2, 0.25) is 5.02 Å². The molecule has 1 aliphatic heterocycles. The Labute approximate surface area is 204 Å². The Morgan fingerprint density at radius 1 is 1.06 bits per heavy atom. The van der Waals surface area contributed by atoms with Crippen molar-refractivity contribution in [2.75, 3.05) is 37.6 Å². The summed E-state index contributed by atoms with van der Waals surface area (Å²) in [6.45, 7) is 5.19. The number of halogens is 1. The Kier molecular flexibility index (Phi) is 6.66. The molecule has 1 N–H and O–H groups in total. The average Bonchev–Trinajstić information content (AvgIpc) is 3.28. The maximum atomic E-state index is 9.17. The van der Waals surface area contributed by atoms with E-state index in [9.17, 15) is 5.26 Å². The van der Waals surface area contributed by atoms with Crippen molar-refractivity contribution in [3.8, 4) is 17.7 Å². The number of aryl methyl sites for hydroxylation is 1. The van der Waals surface area contributed by atoms with E-state index in [1.165, 1.54) is 16.6 Å². The van der Waals surface area contributed by atoms with Gasteiger partial charge in [-0.05, 0) is 79.5 Å². The lowest BCUT2D eigenvalue weighted by atomic mass is 10.1. The summed E-state index contributed by atoms with van der Waals surface area (Å²) in [5.41, 5.74) is 4.30. The summed E-state index contributed by atoms with van der Waals surface area (Å²) in [6, 6.07) is 19.7. The molecule has 0 saturated carbocycles. The standard InChI is InChI=1S/C27H26ClN5O/c28-25-4-1-11-30-27(25)34-23-8-6-22(7-9-23)33-15-13-32(14-16-33)12-2-3-21-19-31-26-10-5-20(18-29)17-24(21)26/h1,4-11,17,19,31H,2-3,12-16H2. The lowest BCUT2D eigenvalue weighted by Crippen LogP contribution is -2.46. The van der Waals surface area contributed by atoms with E-state index in [1.54, 1.807) is 18.3 Å². The number of nitrogens with one attached hydrogen (secondary N) is 1. The van der Waals surface area contributed by atoms with Crippen molar-refractivity contribution in [3.05, 3.63) is 83.1 Å². The van der Waals surface area contributed by atoms with Crippen molar-refractivity contribution in [1.29, 1.82) is 5.26 Å². The van der Waals surface area contributed by atoms with Gasteiger partial charge < -0.3 is 14.6 Å². The van der Waals surface area contributed by atoms with Gasteiger partial charge in [0.1, 0.15) is 10.8 Å². The molecule has 0 aliphatic carbocycles. The molecule has 4 aromatic rings. The second-order valence-corrected chi connectivity index (χ2v) is 8.91. The van der Waals surface area contributed by atoms with E-state index in [2.05, 4.69) is 44.2 Å². The lowest BCUT2D eigenvalue weighted by molar-refractivity contribution is 0.255. The molecule has 6 nitrogen and oxygen atoms in total. The van der Waals surface area contributed by atoms with Crippen LogP contribution in [-0.2, 0) is 6.42 Å². The fourth-order valence-electron chi connectivity index (χ4n) is 4.46. The van der Waals surface area contributed by atoms with Gasteiger partial charge in [0.2, 0.25) is 5.88 Å². The molecule has 0 amide bonds. The van der Waals surface area contributed by atoms with Crippen molar-refractivity contribution in [3.63, 3.8) is 0 Å². The van der Waals surface area contributed by atoms with Gasteiger partial charge in [0.15, 0.2) is 0 Å². The van der Waals surface area contributed by atoms with E-state index in [1.807, 2.05) is 30.3 Å². The highest BCUT2D eigenvalue weighted by atomic mass is 35.5. The molecule has 2 aromatic heterocycles. The SMILES string of the molecule is N#Cc1ccc2[nH]cc(CCCN3CCN(c4ccc(Oc5ncccc5Cl)cc4)CC3)c2c1. The number of pyridine rings is 1. The van der Waals surface area contributed by atoms with E-state index >= 15 is 0 Å². The van der Waals surface area contributed by atoms with Gasteiger partial charge in [-0.15, -0.1) is 0 Å². The number of hydrogen-bond acceptors (Lipinski definition) is 5. The molecule has 0 radical (unpaired) electrons. The number of aromatic nitrogens is 2. The maximum absolute atomic E-state index is 9.17. The number of hydrogen-bond donors (Lipinski definition) is 1. The number of nitriles is 1. The lowest BCUT2D eigenvalue weighted by Gasteiger charge is -2.36. The molecular weight excluding hydrogens is 446 g/mol. The van der Waals surface area contributed by atoms with Crippen molar-refractivity contribution in [2.24, 2.45) is 0 Å². The molecular formula is C27H26ClN5O. The van der Waals surface area contributed by atoms with Crippen LogP contribution in [0.15, 0.2) is 67.0 Å². The third kappa shape index (κ3) is 5.01. The molecule has 172 valence electrons. The van der Waals surface area contributed by atoms with Crippen LogP contribution in [-0.4, -0.2) is 47.6 Å². The number of fused-ring (bicyclic) bond motifs is 1. The number of nitrogens with zero attached hydrogens (tertiary/aromatic N) is 4. The minimum absolute atomic E-state index is 0.420. The monoisotopic (exact) mass is 471 g/mol. The summed E-state index contributed by atoms with van der Waals surface area (Å²) in [4.78, 5) is 12.4. The van der Waals surface area contributed by atoms with Crippen molar-refractivity contribution >= 4 is 28.2 Å². The summed E-state index contributed by atoms with van der Waals surface area (Å²) in [7, 11) is 0. The van der Waals surface area contributed by atoms with Gasteiger partial charge in [0, 0.05) is 55.2 Å². The molecule has 1 saturated heterocycles. The van der Waals surface area contributed by atoms with Crippen LogP contribution in [0.25, 0.3) is 10.9 Å². The number of rotatable bonds is 7. The zero-order valence-electron chi connectivity index (χ0n) is 18.9. The largest absolute Gasteiger partial charge is 0.438 e. The number of H-pyrrole nitrogens is 1. The first kappa shape index (κ1) is 22.3. The first-order valence-corrected chi connectivity index (χ1v) is 11.9. The van der Waals surface area contributed by atoms with Crippen LogP contribution < -0.4 is 9.64 Å². The zero-order valence-corrected chi connectivity index (χ0v) is 19.6. The van der Waals surface area contributed by atoms with Crippen LogP contribution in [0.4, 0.5) is 5.69 Å². The highest BCUT2D eigenvalue weighted by Gasteiger charge is 2.17. The molecule has 0 bridgehead atoms. The number of benzene rings is 2. The highest BCUT2D eigenvalue weighted by Crippen LogP contribution is 2.28. The fraction of sp³-hybridized carbons (Fsp3) is 0.259. The second-order valence-electron chi connectivity index (χ2n) is 8.50. The van der Waals surface area contributed by atoms with Crippen LogP contribution >= 0.6 is 11.6 Å². The third-order valence-electron chi connectivity index (χ3n) is 6.33. The van der Waals surface area contributed by atoms with Crippen molar-refractivity contribution in [1.82, 2.24) is 14.9 Å². The maximum Gasteiger partial charge on any atom is 0.238 e. The molecule has 34 heavy (non-hydrogen) atoms. The molecule has 3 heterocycles. The Bertz CT molecular complexity index is 1300. The summed E-state index contributed by atoms with van der Waals surface area (Å²) in [6.07, 6.45) is 5.86. The summed E-state index contributed by atoms with van der Waals surface area (Å²) in [5, 5.41) is 10.8. The van der Waals surface area contributed by atoms with E-state index in [4.69, 9.17) is 16.3 Å². The molecule has 7 heteroatoms. The van der Waals surface area contributed by atoms with Gasteiger partial charge in [-0.3, -0.25) is 4.90 Å². The van der Waals surface area contributed by atoms with Gasteiger partial charge in [-0.1, -0.05) is 11.6 Å². The summed E-state index contributed by atoms with van der Waals surface area (Å²) in [5.74, 6) is 1.14. The smallest absolute Gasteiger partial charge is 0.238 e.